The molecule has 17 heavy (non-hydrogen) atoms. The molecule has 1 aliphatic heterocycles. The maximum absolute atomic E-state index is 11.7. The van der Waals surface area contributed by atoms with Crippen LogP contribution in [0.15, 0.2) is 12.1 Å². The van der Waals surface area contributed by atoms with E-state index in [2.05, 4.69) is 0 Å². The molecule has 1 atom stereocenters. The summed E-state index contributed by atoms with van der Waals surface area (Å²) in [5.74, 6) is -0.485. The van der Waals surface area contributed by atoms with Crippen molar-refractivity contribution in [2.45, 2.75) is 26.4 Å². The maximum Gasteiger partial charge on any atom is 0.308 e. The maximum atomic E-state index is 11.7. The van der Waals surface area contributed by atoms with E-state index in [1.54, 1.807) is 6.92 Å². The average molecular weight is 236 g/mol. The Morgan fingerprint density at radius 3 is 2.88 bits per heavy atom. The van der Waals surface area contributed by atoms with Gasteiger partial charge in [0.15, 0.2) is 5.78 Å². The molecule has 1 heterocycles. The van der Waals surface area contributed by atoms with Crippen molar-refractivity contribution in [1.29, 1.82) is 0 Å². The van der Waals surface area contributed by atoms with E-state index in [0.29, 0.717) is 0 Å². The number of hydrogen-bond acceptors (Lipinski definition) is 5. The van der Waals surface area contributed by atoms with Crippen LogP contribution in [0.5, 0.6) is 17.2 Å². The molecule has 1 aliphatic rings. The quantitative estimate of drug-likeness (QED) is 0.593. The molecule has 0 radical (unpaired) electrons. The van der Waals surface area contributed by atoms with E-state index >= 15 is 0 Å². The van der Waals surface area contributed by atoms with Crippen LogP contribution in [0.2, 0.25) is 0 Å². The van der Waals surface area contributed by atoms with Crippen molar-refractivity contribution < 1.29 is 24.2 Å². The van der Waals surface area contributed by atoms with Gasteiger partial charge in [-0.1, -0.05) is 0 Å². The van der Waals surface area contributed by atoms with Gasteiger partial charge in [0.05, 0.1) is 0 Å². The summed E-state index contributed by atoms with van der Waals surface area (Å²) in [6.45, 7) is 3.02. The highest BCUT2D eigenvalue weighted by atomic mass is 16.5. The van der Waals surface area contributed by atoms with Crippen LogP contribution in [0.3, 0.4) is 0 Å². The van der Waals surface area contributed by atoms with Crippen molar-refractivity contribution in [2.75, 3.05) is 0 Å². The molecule has 1 N–H and O–H groups in total. The number of carbonyl (C=O) groups is 2. The van der Waals surface area contributed by atoms with Gasteiger partial charge >= 0.3 is 5.97 Å². The Bertz CT molecular complexity index is 492. The van der Waals surface area contributed by atoms with E-state index in [1.165, 1.54) is 19.1 Å². The van der Waals surface area contributed by atoms with E-state index in [0.717, 1.165) is 0 Å². The predicted octanol–water partition coefficient (Wildman–Crippen LogP) is 1.67. The molecule has 5 nitrogen and oxygen atoms in total. The molecule has 0 saturated carbocycles. The Kier molecular flexibility index (Phi) is 2.75. The van der Waals surface area contributed by atoms with Crippen molar-refractivity contribution in [1.82, 2.24) is 0 Å². The van der Waals surface area contributed by atoms with Gasteiger partial charge in [-0.15, -0.1) is 0 Å². The standard InChI is InChI=1S/C12H12O5/c1-6-3-9(14)12-10(15)4-8(17-7(2)13)5-11(12)16-6/h4-6,15H,3H2,1-2H3. The lowest BCUT2D eigenvalue weighted by Crippen LogP contribution is -2.24. The highest BCUT2D eigenvalue weighted by molar-refractivity contribution is 6.02. The number of ketones is 1. The summed E-state index contributed by atoms with van der Waals surface area (Å²) in [7, 11) is 0. The van der Waals surface area contributed by atoms with E-state index < -0.39 is 5.97 Å². The van der Waals surface area contributed by atoms with Crippen LogP contribution in [-0.4, -0.2) is 23.0 Å². The van der Waals surface area contributed by atoms with Gasteiger partial charge < -0.3 is 14.6 Å². The smallest absolute Gasteiger partial charge is 0.308 e. The lowest BCUT2D eigenvalue weighted by atomic mass is 10.0. The first-order valence-corrected chi connectivity index (χ1v) is 5.22. The molecule has 0 saturated heterocycles. The Balaban J connectivity index is 2.45. The molecule has 0 aliphatic carbocycles. The van der Waals surface area contributed by atoms with Crippen LogP contribution >= 0.6 is 0 Å². The number of rotatable bonds is 1. The molecular weight excluding hydrogens is 224 g/mol. The zero-order valence-corrected chi connectivity index (χ0v) is 9.52. The molecule has 0 aromatic heterocycles. The van der Waals surface area contributed by atoms with Crippen molar-refractivity contribution in [3.05, 3.63) is 17.7 Å². The molecule has 0 bridgehead atoms. The number of hydrogen-bond donors (Lipinski definition) is 1. The zero-order valence-electron chi connectivity index (χ0n) is 9.52. The minimum atomic E-state index is -0.500. The molecule has 0 amide bonds. The molecular formula is C12H12O5. The number of ether oxygens (including phenoxy) is 2. The Morgan fingerprint density at radius 2 is 2.24 bits per heavy atom. The third-order valence-electron chi connectivity index (χ3n) is 2.40. The van der Waals surface area contributed by atoms with Gasteiger partial charge in [-0.3, -0.25) is 9.59 Å². The van der Waals surface area contributed by atoms with Gasteiger partial charge in [0.2, 0.25) is 0 Å². The number of benzene rings is 1. The number of Topliss-reactive ketones (excluding diaryl/α,β-unsaturated/α-hetero) is 1. The second kappa shape index (κ2) is 4.08. The van der Waals surface area contributed by atoms with Gasteiger partial charge in [-0.2, -0.15) is 0 Å². The van der Waals surface area contributed by atoms with Crippen LogP contribution in [-0.2, 0) is 4.79 Å². The van der Waals surface area contributed by atoms with Crippen LogP contribution in [0.25, 0.3) is 0 Å². The van der Waals surface area contributed by atoms with Crippen molar-refractivity contribution >= 4 is 11.8 Å². The minimum Gasteiger partial charge on any atom is -0.507 e. The normalized spacial score (nSPS) is 18.2. The Labute approximate surface area is 98.0 Å². The highest BCUT2D eigenvalue weighted by Crippen LogP contribution is 2.38. The van der Waals surface area contributed by atoms with E-state index in [9.17, 15) is 14.7 Å². The largest absolute Gasteiger partial charge is 0.507 e. The molecule has 0 spiro atoms. The SMILES string of the molecule is CC(=O)Oc1cc(O)c2c(c1)OC(C)CC2=O. The number of aromatic hydroxyl groups is 1. The lowest BCUT2D eigenvalue weighted by Gasteiger charge is -2.23. The van der Waals surface area contributed by atoms with Gasteiger partial charge in [0.25, 0.3) is 0 Å². The third kappa shape index (κ3) is 2.22. The predicted molar refractivity (Wildman–Crippen MR) is 58.5 cm³/mol. The third-order valence-corrected chi connectivity index (χ3v) is 2.40. The first kappa shape index (κ1) is 11.4. The average Bonchev–Trinajstić information content (AvgIpc) is 2.13. The van der Waals surface area contributed by atoms with Crippen molar-refractivity contribution in [3.63, 3.8) is 0 Å². The summed E-state index contributed by atoms with van der Waals surface area (Å²) in [4.78, 5) is 22.5. The number of esters is 1. The van der Waals surface area contributed by atoms with E-state index in [1.807, 2.05) is 0 Å². The Morgan fingerprint density at radius 1 is 1.53 bits per heavy atom. The molecule has 1 aromatic rings. The highest BCUT2D eigenvalue weighted by Gasteiger charge is 2.27. The number of phenols is 1. The first-order chi connectivity index (χ1) is 7.97. The van der Waals surface area contributed by atoms with Gasteiger partial charge in [-0.25, -0.2) is 0 Å². The summed E-state index contributed by atoms with van der Waals surface area (Å²) >= 11 is 0. The van der Waals surface area contributed by atoms with Crippen molar-refractivity contribution in [2.24, 2.45) is 0 Å². The van der Waals surface area contributed by atoms with Crippen LogP contribution < -0.4 is 9.47 Å². The van der Waals surface area contributed by atoms with Crippen LogP contribution in [0.1, 0.15) is 30.6 Å². The summed E-state index contributed by atoms with van der Waals surface area (Å²) < 4.78 is 10.3. The lowest BCUT2D eigenvalue weighted by molar-refractivity contribution is -0.131. The van der Waals surface area contributed by atoms with Crippen LogP contribution in [0.4, 0.5) is 0 Å². The molecule has 1 unspecified atom stereocenters. The monoisotopic (exact) mass is 236 g/mol. The summed E-state index contributed by atoms with van der Waals surface area (Å²) in [6.07, 6.45) is -0.0185. The number of carbonyl (C=O) groups excluding carboxylic acids is 2. The topological polar surface area (TPSA) is 72.8 Å². The van der Waals surface area contributed by atoms with E-state index in [4.69, 9.17) is 9.47 Å². The Hall–Kier alpha value is -2.04. The second-order valence-electron chi connectivity index (χ2n) is 3.96. The van der Waals surface area contributed by atoms with Gasteiger partial charge in [0.1, 0.15) is 28.9 Å². The zero-order chi connectivity index (χ0) is 12.6. The minimum absolute atomic E-state index is 0.152. The fourth-order valence-electron chi connectivity index (χ4n) is 1.80. The molecule has 2 rings (SSSR count). The molecule has 0 fully saturated rings. The number of fused-ring (bicyclic) bond motifs is 1. The summed E-state index contributed by atoms with van der Waals surface area (Å²) in [6, 6.07) is 2.67. The first-order valence-electron chi connectivity index (χ1n) is 5.22. The van der Waals surface area contributed by atoms with Crippen molar-refractivity contribution in [3.8, 4) is 17.2 Å². The fraction of sp³-hybridized carbons (Fsp3) is 0.333. The second-order valence-corrected chi connectivity index (χ2v) is 3.96. The molecule has 90 valence electrons. The summed E-state index contributed by atoms with van der Waals surface area (Å²) in [5, 5.41) is 9.71. The molecule has 1 aromatic carbocycles. The van der Waals surface area contributed by atoms with Gasteiger partial charge in [0, 0.05) is 25.5 Å². The van der Waals surface area contributed by atoms with Crippen LogP contribution in [0, 0.1) is 0 Å². The molecule has 5 heteroatoms. The van der Waals surface area contributed by atoms with E-state index in [-0.39, 0.29) is 41.1 Å². The van der Waals surface area contributed by atoms with Gasteiger partial charge in [-0.05, 0) is 6.92 Å². The fourth-order valence-corrected chi connectivity index (χ4v) is 1.80. The summed E-state index contributed by atoms with van der Waals surface area (Å²) in [5.41, 5.74) is 0.152. The number of phenolic OH excluding ortho intramolecular Hbond substituents is 1.